The Morgan fingerprint density at radius 1 is 1.25 bits per heavy atom. The minimum Gasteiger partial charge on any atom is -0.493 e. The summed E-state index contributed by atoms with van der Waals surface area (Å²) in [6, 6.07) is 3.66. The fourth-order valence-corrected chi connectivity index (χ4v) is 2.21. The van der Waals surface area contributed by atoms with Gasteiger partial charge in [-0.15, -0.1) is 0 Å². The number of rotatable bonds is 10. The third kappa shape index (κ3) is 5.57. The molecule has 0 aliphatic carbocycles. The Kier molecular flexibility index (Phi) is 8.42. The molecule has 0 aliphatic heterocycles. The smallest absolute Gasteiger partial charge is 0.165 e. The van der Waals surface area contributed by atoms with Crippen LogP contribution < -0.4 is 14.8 Å². The Labute approximate surface area is 126 Å². The summed E-state index contributed by atoms with van der Waals surface area (Å²) in [6.07, 6.45) is 2.93. The van der Waals surface area contributed by atoms with Gasteiger partial charge >= 0.3 is 0 Å². The van der Waals surface area contributed by atoms with Crippen molar-refractivity contribution < 1.29 is 14.6 Å². The van der Waals surface area contributed by atoms with Crippen molar-refractivity contribution in [1.82, 2.24) is 5.32 Å². The van der Waals surface area contributed by atoms with Crippen LogP contribution in [-0.4, -0.2) is 32.0 Å². The highest BCUT2D eigenvalue weighted by molar-refractivity contribution is 6.30. The molecule has 1 aromatic rings. The van der Waals surface area contributed by atoms with Gasteiger partial charge in [-0.05, 0) is 38.8 Å². The van der Waals surface area contributed by atoms with Gasteiger partial charge in [0, 0.05) is 29.8 Å². The van der Waals surface area contributed by atoms with Gasteiger partial charge in [0.25, 0.3) is 0 Å². The van der Waals surface area contributed by atoms with E-state index in [1.165, 1.54) is 0 Å². The van der Waals surface area contributed by atoms with E-state index in [9.17, 15) is 0 Å². The molecule has 0 radical (unpaired) electrons. The largest absolute Gasteiger partial charge is 0.493 e. The average Bonchev–Trinajstić information content (AvgIpc) is 2.45. The van der Waals surface area contributed by atoms with E-state index in [1.54, 1.807) is 13.2 Å². The molecule has 0 atom stereocenters. The summed E-state index contributed by atoms with van der Waals surface area (Å²) in [4.78, 5) is 0. The zero-order valence-corrected chi connectivity index (χ0v) is 13.0. The quantitative estimate of drug-likeness (QED) is 0.652. The van der Waals surface area contributed by atoms with Gasteiger partial charge in [-0.1, -0.05) is 11.6 Å². The number of aliphatic hydroxyl groups is 1. The highest BCUT2D eigenvalue weighted by atomic mass is 35.5. The van der Waals surface area contributed by atoms with Crippen LogP contribution in [0, 0.1) is 0 Å². The van der Waals surface area contributed by atoms with E-state index in [-0.39, 0.29) is 6.61 Å². The molecule has 0 saturated heterocycles. The third-order valence-electron chi connectivity index (χ3n) is 2.93. The first kappa shape index (κ1) is 17.1. The fourth-order valence-electron chi connectivity index (χ4n) is 1.98. The Bertz CT molecular complexity index is 399. The molecule has 2 N–H and O–H groups in total. The number of methoxy groups -OCH3 is 1. The van der Waals surface area contributed by atoms with Crippen molar-refractivity contribution in [1.29, 1.82) is 0 Å². The maximum atomic E-state index is 8.72. The van der Waals surface area contributed by atoms with Crippen LogP contribution in [0.2, 0.25) is 5.02 Å². The topological polar surface area (TPSA) is 50.7 Å². The predicted molar refractivity (Wildman–Crippen MR) is 81.8 cm³/mol. The van der Waals surface area contributed by atoms with Gasteiger partial charge in [-0.2, -0.15) is 0 Å². The first-order valence-corrected chi connectivity index (χ1v) is 7.41. The molecule has 1 rings (SSSR count). The minimum absolute atomic E-state index is 0.264. The number of unbranched alkanes of at least 4 members (excludes halogenated alkanes) is 2. The summed E-state index contributed by atoms with van der Waals surface area (Å²) in [6.45, 7) is 4.38. The fraction of sp³-hybridized carbons (Fsp3) is 0.600. The number of benzene rings is 1. The van der Waals surface area contributed by atoms with E-state index < -0.39 is 0 Å². The third-order valence-corrected chi connectivity index (χ3v) is 3.15. The Hall–Kier alpha value is -0.970. The van der Waals surface area contributed by atoms with Gasteiger partial charge in [-0.3, -0.25) is 0 Å². The maximum Gasteiger partial charge on any atom is 0.165 e. The lowest BCUT2D eigenvalue weighted by Crippen LogP contribution is -2.16. The van der Waals surface area contributed by atoms with Crippen molar-refractivity contribution in [3.63, 3.8) is 0 Å². The standard InChI is InChI=1S/C15H24ClNO3/c1-3-20-15-12(9-13(16)10-14(15)19-2)11-17-7-5-4-6-8-18/h9-10,17-18H,3-8,11H2,1-2H3. The first-order valence-electron chi connectivity index (χ1n) is 7.03. The van der Waals surface area contributed by atoms with E-state index in [1.807, 2.05) is 13.0 Å². The maximum absolute atomic E-state index is 8.72. The van der Waals surface area contributed by atoms with Gasteiger partial charge in [0.15, 0.2) is 11.5 Å². The number of ether oxygens (including phenoxy) is 2. The van der Waals surface area contributed by atoms with Gasteiger partial charge in [0.2, 0.25) is 0 Å². The summed E-state index contributed by atoms with van der Waals surface area (Å²) in [5, 5.41) is 12.7. The lowest BCUT2D eigenvalue weighted by atomic mass is 10.1. The lowest BCUT2D eigenvalue weighted by Gasteiger charge is -2.15. The van der Waals surface area contributed by atoms with Gasteiger partial charge in [0.05, 0.1) is 13.7 Å². The molecule has 0 aromatic heterocycles. The summed E-state index contributed by atoms with van der Waals surface area (Å²) < 4.78 is 11.0. The Morgan fingerprint density at radius 2 is 2.05 bits per heavy atom. The van der Waals surface area contributed by atoms with Crippen molar-refractivity contribution in [2.75, 3.05) is 26.9 Å². The summed E-state index contributed by atoms with van der Waals surface area (Å²) in [7, 11) is 1.61. The van der Waals surface area contributed by atoms with Gasteiger partial charge < -0.3 is 19.9 Å². The highest BCUT2D eigenvalue weighted by Gasteiger charge is 2.12. The molecule has 114 valence electrons. The van der Waals surface area contributed by atoms with E-state index >= 15 is 0 Å². The van der Waals surface area contributed by atoms with Crippen LogP contribution in [0.3, 0.4) is 0 Å². The number of nitrogens with one attached hydrogen (secondary N) is 1. The Morgan fingerprint density at radius 3 is 2.70 bits per heavy atom. The SMILES string of the molecule is CCOc1c(CNCCCCCO)cc(Cl)cc1OC. The molecule has 0 amide bonds. The minimum atomic E-state index is 0.264. The zero-order chi connectivity index (χ0) is 14.8. The van der Waals surface area contributed by atoms with Crippen molar-refractivity contribution in [2.24, 2.45) is 0 Å². The van der Waals surface area contributed by atoms with E-state index in [0.29, 0.717) is 23.9 Å². The first-order chi connectivity index (χ1) is 9.72. The van der Waals surface area contributed by atoms with Crippen LogP contribution in [-0.2, 0) is 6.54 Å². The van der Waals surface area contributed by atoms with Crippen LogP contribution in [0.1, 0.15) is 31.7 Å². The van der Waals surface area contributed by atoms with Gasteiger partial charge in [0.1, 0.15) is 0 Å². The molecule has 0 bridgehead atoms. The van der Waals surface area contributed by atoms with Crippen LogP contribution in [0.5, 0.6) is 11.5 Å². The molecule has 1 aromatic carbocycles. The normalized spacial score (nSPS) is 10.6. The van der Waals surface area contributed by atoms with Crippen molar-refractivity contribution in [2.45, 2.75) is 32.7 Å². The second kappa shape index (κ2) is 9.86. The lowest BCUT2D eigenvalue weighted by molar-refractivity contribution is 0.282. The molecule has 0 aliphatic rings. The molecule has 0 unspecified atom stereocenters. The number of halogens is 1. The second-order valence-electron chi connectivity index (χ2n) is 4.49. The van der Waals surface area contributed by atoms with Crippen molar-refractivity contribution >= 4 is 11.6 Å². The molecule has 0 fully saturated rings. The van der Waals surface area contributed by atoms with E-state index in [0.717, 1.165) is 37.1 Å². The molecule has 5 heteroatoms. The van der Waals surface area contributed by atoms with E-state index in [4.69, 9.17) is 26.2 Å². The summed E-state index contributed by atoms with van der Waals surface area (Å²) in [5.41, 5.74) is 0.998. The molecule has 20 heavy (non-hydrogen) atoms. The Balaban J connectivity index is 2.60. The van der Waals surface area contributed by atoms with Crippen LogP contribution in [0.25, 0.3) is 0 Å². The highest BCUT2D eigenvalue weighted by Crippen LogP contribution is 2.34. The van der Waals surface area contributed by atoms with Crippen LogP contribution >= 0.6 is 11.6 Å². The van der Waals surface area contributed by atoms with Crippen molar-refractivity contribution in [3.05, 3.63) is 22.7 Å². The number of hydrogen-bond acceptors (Lipinski definition) is 4. The molecule has 4 nitrogen and oxygen atoms in total. The average molecular weight is 302 g/mol. The van der Waals surface area contributed by atoms with Gasteiger partial charge in [-0.25, -0.2) is 0 Å². The second-order valence-corrected chi connectivity index (χ2v) is 4.93. The summed E-state index contributed by atoms with van der Waals surface area (Å²) in [5.74, 6) is 1.42. The summed E-state index contributed by atoms with van der Waals surface area (Å²) >= 11 is 6.09. The van der Waals surface area contributed by atoms with Crippen molar-refractivity contribution in [3.8, 4) is 11.5 Å². The van der Waals surface area contributed by atoms with Crippen LogP contribution in [0.4, 0.5) is 0 Å². The number of aliphatic hydroxyl groups excluding tert-OH is 1. The molecule has 0 saturated carbocycles. The van der Waals surface area contributed by atoms with Crippen LogP contribution in [0.15, 0.2) is 12.1 Å². The van der Waals surface area contributed by atoms with E-state index in [2.05, 4.69) is 5.32 Å². The number of hydrogen-bond donors (Lipinski definition) is 2. The molecule has 0 heterocycles. The molecular formula is C15H24ClNO3. The molecular weight excluding hydrogens is 278 g/mol. The predicted octanol–water partition coefficient (Wildman–Crippen LogP) is 3.00. The molecule has 0 spiro atoms. The monoisotopic (exact) mass is 301 g/mol. The zero-order valence-electron chi connectivity index (χ0n) is 12.2.